The number of hydrogen-bond donors (Lipinski definition) is 1. The number of ether oxygens (including phenoxy) is 2. The molecule has 2 atom stereocenters. The first-order valence-corrected chi connectivity index (χ1v) is 11.1. The predicted octanol–water partition coefficient (Wildman–Crippen LogP) is 5.24. The standard InChI is InChI=1S/C27H23N3O3/c1-17(13-18-11-12-23-24(14-18)33-16-32-23)26-29-25-21(15-19-7-5-6-10-22(19)28-25)27(31)30(26)20-8-3-2-4-9-20/h2-12,14-15,17,26H,13,16H2,1H3,(H,28,29)/t17-,26-/m0/s1. The van der Waals surface area contributed by atoms with E-state index >= 15 is 0 Å². The van der Waals surface area contributed by atoms with Crippen molar-refractivity contribution in [2.75, 3.05) is 17.0 Å². The van der Waals surface area contributed by atoms with Crippen molar-refractivity contribution in [2.24, 2.45) is 5.92 Å². The molecule has 0 aliphatic carbocycles. The van der Waals surface area contributed by atoms with Crippen LogP contribution in [0.5, 0.6) is 11.5 Å². The van der Waals surface area contributed by atoms with Crippen LogP contribution in [-0.4, -0.2) is 23.8 Å². The Hall–Kier alpha value is -4.06. The van der Waals surface area contributed by atoms with Gasteiger partial charge in [-0.05, 0) is 54.3 Å². The van der Waals surface area contributed by atoms with Gasteiger partial charge in [0.2, 0.25) is 6.79 Å². The van der Waals surface area contributed by atoms with Gasteiger partial charge in [0.25, 0.3) is 5.91 Å². The molecular formula is C27H23N3O3. The molecule has 1 amide bonds. The Morgan fingerprint density at radius 1 is 1.00 bits per heavy atom. The number of rotatable bonds is 4. The molecule has 0 saturated carbocycles. The molecule has 2 aliphatic heterocycles. The van der Waals surface area contributed by atoms with Gasteiger partial charge in [0.1, 0.15) is 12.0 Å². The monoisotopic (exact) mass is 437 g/mol. The van der Waals surface area contributed by atoms with E-state index in [9.17, 15) is 4.79 Å². The maximum atomic E-state index is 13.8. The van der Waals surface area contributed by atoms with Crippen LogP contribution in [-0.2, 0) is 6.42 Å². The quantitative estimate of drug-likeness (QED) is 0.473. The fourth-order valence-corrected chi connectivity index (χ4v) is 4.66. The summed E-state index contributed by atoms with van der Waals surface area (Å²) < 4.78 is 11.0. The molecule has 0 radical (unpaired) electrons. The van der Waals surface area contributed by atoms with Crippen LogP contribution in [0.15, 0.2) is 78.9 Å². The van der Waals surface area contributed by atoms with Gasteiger partial charge in [-0.3, -0.25) is 9.69 Å². The lowest BCUT2D eigenvalue weighted by Crippen LogP contribution is -2.53. The maximum absolute atomic E-state index is 13.8. The highest BCUT2D eigenvalue weighted by atomic mass is 16.7. The van der Waals surface area contributed by atoms with Gasteiger partial charge >= 0.3 is 0 Å². The Morgan fingerprint density at radius 3 is 2.67 bits per heavy atom. The molecule has 3 aromatic carbocycles. The Kier molecular flexibility index (Phi) is 4.64. The van der Waals surface area contributed by atoms with E-state index in [1.807, 2.05) is 77.7 Å². The number of anilines is 2. The molecule has 2 aliphatic rings. The minimum Gasteiger partial charge on any atom is -0.454 e. The SMILES string of the molecule is C[C@@H](Cc1ccc2c(c1)OCO2)[C@H]1Nc2nc3ccccc3cc2C(=O)N1c1ccccc1. The van der Waals surface area contributed by atoms with Gasteiger partial charge < -0.3 is 14.8 Å². The van der Waals surface area contributed by atoms with Crippen molar-refractivity contribution in [1.29, 1.82) is 0 Å². The Balaban J connectivity index is 1.39. The van der Waals surface area contributed by atoms with Crippen molar-refractivity contribution >= 4 is 28.3 Å². The van der Waals surface area contributed by atoms with Crippen LogP contribution >= 0.6 is 0 Å². The molecule has 33 heavy (non-hydrogen) atoms. The van der Waals surface area contributed by atoms with E-state index in [0.29, 0.717) is 11.4 Å². The van der Waals surface area contributed by atoms with E-state index in [4.69, 9.17) is 14.5 Å². The molecule has 3 heterocycles. The van der Waals surface area contributed by atoms with Gasteiger partial charge in [-0.15, -0.1) is 0 Å². The van der Waals surface area contributed by atoms with Crippen LogP contribution in [0.1, 0.15) is 22.8 Å². The topological polar surface area (TPSA) is 63.7 Å². The number of amides is 1. The lowest BCUT2D eigenvalue weighted by atomic mass is 9.94. The van der Waals surface area contributed by atoms with E-state index in [2.05, 4.69) is 18.3 Å². The summed E-state index contributed by atoms with van der Waals surface area (Å²) in [6.07, 6.45) is 0.500. The molecule has 6 nitrogen and oxygen atoms in total. The highest BCUT2D eigenvalue weighted by Crippen LogP contribution is 2.36. The van der Waals surface area contributed by atoms with Crippen molar-refractivity contribution in [2.45, 2.75) is 19.5 Å². The van der Waals surface area contributed by atoms with Crippen molar-refractivity contribution in [1.82, 2.24) is 4.98 Å². The van der Waals surface area contributed by atoms with Crippen LogP contribution in [0.3, 0.4) is 0 Å². The molecule has 0 saturated heterocycles. The fraction of sp³-hybridized carbons (Fsp3) is 0.185. The largest absolute Gasteiger partial charge is 0.454 e. The number of nitrogens with one attached hydrogen (secondary N) is 1. The van der Waals surface area contributed by atoms with Crippen LogP contribution in [0, 0.1) is 5.92 Å². The van der Waals surface area contributed by atoms with Crippen molar-refractivity contribution in [3.63, 3.8) is 0 Å². The zero-order valence-electron chi connectivity index (χ0n) is 18.2. The van der Waals surface area contributed by atoms with E-state index in [1.165, 1.54) is 0 Å². The molecule has 6 heteroatoms. The fourth-order valence-electron chi connectivity index (χ4n) is 4.66. The number of hydrogen-bond acceptors (Lipinski definition) is 5. The molecule has 6 rings (SSSR count). The minimum absolute atomic E-state index is 0.0456. The molecule has 164 valence electrons. The van der Waals surface area contributed by atoms with Crippen LogP contribution in [0.4, 0.5) is 11.5 Å². The van der Waals surface area contributed by atoms with Gasteiger partial charge in [0.15, 0.2) is 11.5 Å². The van der Waals surface area contributed by atoms with Crippen molar-refractivity contribution < 1.29 is 14.3 Å². The van der Waals surface area contributed by atoms with E-state index in [0.717, 1.165) is 40.1 Å². The molecule has 0 unspecified atom stereocenters. The Bertz CT molecular complexity index is 1360. The van der Waals surface area contributed by atoms with Gasteiger partial charge in [0.05, 0.1) is 11.1 Å². The van der Waals surface area contributed by atoms with Crippen LogP contribution < -0.4 is 19.7 Å². The third-order valence-corrected chi connectivity index (χ3v) is 6.30. The molecule has 1 aromatic heterocycles. The zero-order valence-corrected chi connectivity index (χ0v) is 18.2. The van der Waals surface area contributed by atoms with Crippen molar-refractivity contribution in [3.8, 4) is 11.5 Å². The molecule has 0 fully saturated rings. The van der Waals surface area contributed by atoms with Gasteiger partial charge in [-0.25, -0.2) is 4.98 Å². The third-order valence-electron chi connectivity index (χ3n) is 6.30. The molecule has 0 spiro atoms. The molecular weight excluding hydrogens is 414 g/mol. The summed E-state index contributed by atoms with van der Waals surface area (Å²) in [6, 6.07) is 25.6. The number of nitrogens with zero attached hydrogens (tertiary/aromatic N) is 2. The number of carbonyl (C=O) groups excluding carboxylic acids is 1. The maximum Gasteiger partial charge on any atom is 0.263 e. The van der Waals surface area contributed by atoms with E-state index < -0.39 is 0 Å². The second-order valence-electron chi connectivity index (χ2n) is 8.55. The summed E-state index contributed by atoms with van der Waals surface area (Å²) in [6.45, 7) is 2.41. The Morgan fingerprint density at radius 2 is 1.79 bits per heavy atom. The second-order valence-corrected chi connectivity index (χ2v) is 8.55. The van der Waals surface area contributed by atoms with Gasteiger partial charge in [0, 0.05) is 11.1 Å². The molecule has 1 N–H and O–H groups in total. The summed E-state index contributed by atoms with van der Waals surface area (Å²) in [5, 5.41) is 4.53. The number of pyridine rings is 1. The molecule has 4 aromatic rings. The highest BCUT2D eigenvalue weighted by Gasteiger charge is 2.37. The van der Waals surface area contributed by atoms with Gasteiger partial charge in [-0.1, -0.05) is 49.4 Å². The van der Waals surface area contributed by atoms with E-state index in [1.54, 1.807) is 0 Å². The third kappa shape index (κ3) is 3.44. The van der Waals surface area contributed by atoms with E-state index in [-0.39, 0.29) is 24.8 Å². The minimum atomic E-state index is -0.258. The normalized spacial score (nSPS) is 17.5. The number of fused-ring (bicyclic) bond motifs is 3. The average Bonchev–Trinajstić information content (AvgIpc) is 3.31. The van der Waals surface area contributed by atoms with Crippen molar-refractivity contribution in [3.05, 3.63) is 90.0 Å². The highest BCUT2D eigenvalue weighted by molar-refractivity contribution is 6.13. The lowest BCUT2D eigenvalue weighted by Gasteiger charge is -2.40. The number of para-hydroxylation sites is 2. The summed E-state index contributed by atoms with van der Waals surface area (Å²) in [7, 11) is 0. The molecule has 0 bridgehead atoms. The summed E-state index contributed by atoms with van der Waals surface area (Å²) >= 11 is 0. The summed E-state index contributed by atoms with van der Waals surface area (Å²) in [4.78, 5) is 20.4. The second kappa shape index (κ2) is 7.81. The summed E-state index contributed by atoms with van der Waals surface area (Å²) in [5.74, 6) is 2.22. The smallest absolute Gasteiger partial charge is 0.263 e. The first-order valence-electron chi connectivity index (χ1n) is 11.1. The Labute approximate surface area is 191 Å². The first-order chi connectivity index (χ1) is 16.2. The number of benzene rings is 3. The zero-order chi connectivity index (χ0) is 22.4. The lowest BCUT2D eigenvalue weighted by molar-refractivity contribution is 0.0966. The first kappa shape index (κ1) is 19.6. The average molecular weight is 437 g/mol. The van der Waals surface area contributed by atoms with Crippen LogP contribution in [0.2, 0.25) is 0 Å². The number of aromatic nitrogens is 1. The number of carbonyl (C=O) groups is 1. The van der Waals surface area contributed by atoms with Gasteiger partial charge in [-0.2, -0.15) is 0 Å². The van der Waals surface area contributed by atoms with Crippen LogP contribution in [0.25, 0.3) is 10.9 Å². The summed E-state index contributed by atoms with van der Waals surface area (Å²) in [5.41, 5.74) is 3.44. The predicted molar refractivity (Wildman–Crippen MR) is 128 cm³/mol.